The largest absolute Gasteiger partial charge is 0.343 e. The standard InChI is InChI=1S/C25H31N3O2S/c1-5-6-7-11-31-24-27-22-21(23(30)28-24)19(16-10-8-9-15(2)12-16)20-17(26-22)13-25(3,4)14-18(20)29/h8-10,12,19H,5-7,11,13-14H2,1-4H3,(H2,26,27,28,30). The van der Waals surface area contributed by atoms with Gasteiger partial charge in [-0.05, 0) is 30.7 Å². The lowest BCUT2D eigenvalue weighted by atomic mass is 9.69. The Bertz CT molecular complexity index is 1100. The number of anilines is 1. The van der Waals surface area contributed by atoms with Crippen molar-refractivity contribution >= 4 is 23.4 Å². The minimum Gasteiger partial charge on any atom is -0.343 e. The summed E-state index contributed by atoms with van der Waals surface area (Å²) in [5.41, 5.74) is 4.00. The number of aromatic nitrogens is 2. The third-order valence-corrected chi connectivity index (χ3v) is 7.02. The lowest BCUT2D eigenvalue weighted by molar-refractivity contribution is -0.118. The first-order chi connectivity index (χ1) is 14.8. The van der Waals surface area contributed by atoms with Crippen LogP contribution in [0.25, 0.3) is 0 Å². The minimum atomic E-state index is -0.384. The fourth-order valence-electron chi connectivity index (χ4n) is 4.67. The number of unbranched alkanes of at least 4 members (excludes halogenated alkanes) is 2. The number of hydrogen-bond donors (Lipinski definition) is 2. The number of benzene rings is 1. The van der Waals surface area contributed by atoms with E-state index in [1.165, 1.54) is 6.42 Å². The van der Waals surface area contributed by atoms with Gasteiger partial charge in [0.2, 0.25) is 0 Å². The maximum atomic E-state index is 13.3. The Balaban J connectivity index is 1.82. The Kier molecular flexibility index (Phi) is 6.11. The highest BCUT2D eigenvalue weighted by atomic mass is 32.2. The van der Waals surface area contributed by atoms with Crippen molar-refractivity contribution in [2.75, 3.05) is 11.1 Å². The third kappa shape index (κ3) is 4.49. The van der Waals surface area contributed by atoms with Crippen LogP contribution in [0.5, 0.6) is 0 Å². The molecule has 2 N–H and O–H groups in total. The number of fused-ring (bicyclic) bond motifs is 1. The summed E-state index contributed by atoms with van der Waals surface area (Å²) in [6, 6.07) is 8.11. The maximum absolute atomic E-state index is 13.3. The van der Waals surface area contributed by atoms with Crippen LogP contribution >= 0.6 is 11.8 Å². The molecule has 2 heterocycles. The molecule has 0 saturated carbocycles. The zero-order chi connectivity index (χ0) is 22.2. The molecule has 0 saturated heterocycles. The molecular formula is C25H31N3O2S. The van der Waals surface area contributed by atoms with E-state index in [9.17, 15) is 9.59 Å². The molecule has 4 rings (SSSR count). The quantitative estimate of drug-likeness (QED) is 0.351. The topological polar surface area (TPSA) is 74.8 Å². The van der Waals surface area contributed by atoms with E-state index in [4.69, 9.17) is 4.98 Å². The van der Waals surface area contributed by atoms with E-state index < -0.39 is 0 Å². The molecule has 1 aliphatic heterocycles. The minimum absolute atomic E-state index is 0.115. The monoisotopic (exact) mass is 437 g/mol. The number of nitrogens with zero attached hydrogens (tertiary/aromatic N) is 1. The predicted molar refractivity (Wildman–Crippen MR) is 127 cm³/mol. The molecule has 2 aromatic rings. The van der Waals surface area contributed by atoms with Crippen LogP contribution in [0.4, 0.5) is 5.82 Å². The van der Waals surface area contributed by atoms with E-state index in [1.807, 2.05) is 25.1 Å². The summed E-state index contributed by atoms with van der Waals surface area (Å²) in [7, 11) is 0. The van der Waals surface area contributed by atoms with Crippen LogP contribution < -0.4 is 10.9 Å². The third-order valence-electron chi connectivity index (χ3n) is 6.06. The number of carbonyl (C=O) groups is 1. The first-order valence-corrected chi connectivity index (χ1v) is 12.1. The lowest BCUT2D eigenvalue weighted by Gasteiger charge is -2.38. The summed E-state index contributed by atoms with van der Waals surface area (Å²) in [4.78, 5) is 34.3. The number of nitrogens with one attached hydrogen (secondary N) is 2. The second-order valence-electron chi connectivity index (χ2n) is 9.49. The Hall–Kier alpha value is -2.34. The number of carbonyl (C=O) groups excluding carboxylic acids is 1. The zero-order valence-corrected chi connectivity index (χ0v) is 19.6. The van der Waals surface area contributed by atoms with Crippen LogP contribution in [0.15, 0.2) is 45.5 Å². The van der Waals surface area contributed by atoms with E-state index in [-0.39, 0.29) is 22.7 Å². The second-order valence-corrected chi connectivity index (χ2v) is 10.6. The molecule has 1 unspecified atom stereocenters. The summed E-state index contributed by atoms with van der Waals surface area (Å²) in [5.74, 6) is 1.26. The molecule has 0 amide bonds. The van der Waals surface area contributed by atoms with Crippen molar-refractivity contribution in [1.82, 2.24) is 9.97 Å². The summed E-state index contributed by atoms with van der Waals surface area (Å²) >= 11 is 1.59. The van der Waals surface area contributed by atoms with Gasteiger partial charge in [-0.25, -0.2) is 4.98 Å². The van der Waals surface area contributed by atoms with Crippen molar-refractivity contribution < 1.29 is 4.79 Å². The molecule has 31 heavy (non-hydrogen) atoms. The average Bonchev–Trinajstić information content (AvgIpc) is 2.68. The molecule has 1 aromatic heterocycles. The first-order valence-electron chi connectivity index (χ1n) is 11.2. The van der Waals surface area contributed by atoms with Crippen LogP contribution in [-0.2, 0) is 4.79 Å². The summed E-state index contributed by atoms with van der Waals surface area (Å²) in [6.45, 7) is 8.45. The molecule has 0 radical (unpaired) electrons. The van der Waals surface area contributed by atoms with Gasteiger partial charge in [0.05, 0.1) is 5.56 Å². The van der Waals surface area contributed by atoms with Crippen LogP contribution in [-0.4, -0.2) is 21.5 Å². The van der Waals surface area contributed by atoms with Gasteiger partial charge < -0.3 is 10.3 Å². The number of thioether (sulfide) groups is 1. The van der Waals surface area contributed by atoms with E-state index in [0.29, 0.717) is 23.0 Å². The number of aromatic amines is 1. The molecular weight excluding hydrogens is 406 g/mol. The van der Waals surface area contributed by atoms with Crippen LogP contribution in [0.1, 0.15) is 75.5 Å². The van der Waals surface area contributed by atoms with Gasteiger partial charge in [0.1, 0.15) is 5.82 Å². The zero-order valence-electron chi connectivity index (χ0n) is 18.8. The second kappa shape index (κ2) is 8.65. The van der Waals surface area contributed by atoms with Gasteiger partial charge in [-0.1, -0.05) is 75.2 Å². The number of ketones is 1. The molecule has 1 atom stereocenters. The van der Waals surface area contributed by atoms with Crippen LogP contribution in [0.2, 0.25) is 0 Å². The Morgan fingerprint density at radius 2 is 2.00 bits per heavy atom. The molecule has 164 valence electrons. The molecule has 2 aliphatic rings. The Morgan fingerprint density at radius 1 is 1.19 bits per heavy atom. The Labute approximate surface area is 188 Å². The van der Waals surface area contributed by atoms with Crippen molar-refractivity contribution in [2.45, 2.75) is 70.9 Å². The van der Waals surface area contributed by atoms with Crippen LogP contribution in [0.3, 0.4) is 0 Å². The fraction of sp³-hybridized carbons (Fsp3) is 0.480. The van der Waals surface area contributed by atoms with Gasteiger partial charge in [0.25, 0.3) is 5.56 Å². The van der Waals surface area contributed by atoms with E-state index in [2.05, 4.69) is 37.1 Å². The Morgan fingerprint density at radius 3 is 2.74 bits per heavy atom. The number of rotatable bonds is 6. The molecule has 1 aliphatic carbocycles. The van der Waals surface area contributed by atoms with Gasteiger partial charge >= 0.3 is 0 Å². The number of Topliss-reactive ketones (excluding diaryl/α,β-unsaturated/α-hetero) is 1. The molecule has 6 heteroatoms. The highest BCUT2D eigenvalue weighted by Crippen LogP contribution is 2.47. The SMILES string of the molecule is CCCCCSc1nc2c(c(=O)[nH]1)C(c1cccc(C)c1)C1=C(CC(C)(C)CC1=O)N2. The smallest absolute Gasteiger partial charge is 0.257 e. The van der Waals surface area contributed by atoms with Crippen molar-refractivity contribution in [2.24, 2.45) is 5.41 Å². The number of H-pyrrole nitrogens is 1. The van der Waals surface area contributed by atoms with E-state index in [1.54, 1.807) is 11.8 Å². The molecule has 0 spiro atoms. The van der Waals surface area contributed by atoms with E-state index in [0.717, 1.165) is 47.4 Å². The maximum Gasteiger partial charge on any atom is 0.257 e. The number of hydrogen-bond acceptors (Lipinski definition) is 5. The summed E-state index contributed by atoms with van der Waals surface area (Å²) in [5, 5.41) is 4.04. The normalized spacial score (nSPS) is 19.6. The van der Waals surface area contributed by atoms with Gasteiger partial charge in [0.15, 0.2) is 10.9 Å². The molecule has 0 fully saturated rings. The fourth-order valence-corrected chi connectivity index (χ4v) is 5.53. The van der Waals surface area contributed by atoms with Gasteiger partial charge in [-0.3, -0.25) is 9.59 Å². The summed E-state index contributed by atoms with van der Waals surface area (Å²) in [6.07, 6.45) is 4.68. The average molecular weight is 438 g/mol. The predicted octanol–water partition coefficient (Wildman–Crippen LogP) is 5.56. The molecule has 1 aromatic carbocycles. The molecule has 5 nitrogen and oxygen atoms in total. The van der Waals surface area contributed by atoms with Gasteiger partial charge in [-0.15, -0.1) is 0 Å². The number of aryl methyl sites for hydroxylation is 1. The van der Waals surface area contributed by atoms with Gasteiger partial charge in [-0.2, -0.15) is 0 Å². The summed E-state index contributed by atoms with van der Waals surface area (Å²) < 4.78 is 0. The van der Waals surface area contributed by atoms with Crippen LogP contribution in [0, 0.1) is 12.3 Å². The number of allylic oxidation sites excluding steroid dienone is 2. The van der Waals surface area contributed by atoms with Crippen molar-refractivity contribution in [3.63, 3.8) is 0 Å². The molecule has 0 bridgehead atoms. The van der Waals surface area contributed by atoms with Crippen molar-refractivity contribution in [3.8, 4) is 0 Å². The van der Waals surface area contributed by atoms with Crippen molar-refractivity contribution in [1.29, 1.82) is 0 Å². The lowest BCUT2D eigenvalue weighted by Crippen LogP contribution is -2.37. The van der Waals surface area contributed by atoms with E-state index >= 15 is 0 Å². The first kappa shape index (κ1) is 21.9. The highest BCUT2D eigenvalue weighted by Gasteiger charge is 2.42. The highest BCUT2D eigenvalue weighted by molar-refractivity contribution is 7.99. The van der Waals surface area contributed by atoms with Gasteiger partial charge in [0, 0.05) is 29.4 Å². The van der Waals surface area contributed by atoms with Crippen molar-refractivity contribution in [3.05, 3.63) is 62.6 Å².